The minimum absolute atomic E-state index is 0.433. The number of thiophene rings is 1. The standard InChI is InChI=1S/C39H25N3S.C8H9N/c1-40-39(26-13-3-2-4-14-26)41-23-42-32-22-20-24-11-5-7-15-27(24)33(32)35-34-31-21-19-25-12-6-8-16-28(25)37(31)43-38(34)30-18-10-9-17-29(30)36(35)42;1-9-7-8-5-3-2-4-6-8/h2-22H,1,23H2;2-6H,1,7H2/b41-39-;. The third-order valence-corrected chi connectivity index (χ3v) is 11.2. The van der Waals surface area contributed by atoms with E-state index >= 15 is 0 Å². The van der Waals surface area contributed by atoms with Gasteiger partial charge in [-0.1, -0.05) is 152 Å². The third kappa shape index (κ3) is 5.26. The molecule has 0 saturated carbocycles. The monoisotopic (exact) mass is 686 g/mol. The van der Waals surface area contributed by atoms with E-state index in [1.54, 1.807) is 0 Å². The summed E-state index contributed by atoms with van der Waals surface area (Å²) < 4.78 is 5.06. The lowest BCUT2D eigenvalue weighted by atomic mass is 9.96. The van der Waals surface area contributed by atoms with E-state index in [4.69, 9.17) is 4.99 Å². The van der Waals surface area contributed by atoms with Gasteiger partial charge in [0.2, 0.25) is 0 Å². The molecule has 0 aliphatic carbocycles. The van der Waals surface area contributed by atoms with E-state index in [-0.39, 0.29) is 0 Å². The SMILES string of the molecule is C=N/C(=N\Cn1c2ccc3ccccc3c2c2c3c4ccc5ccccc5c4sc3c3ccccc3c21)c1ccccc1.C=NCc1ccccc1. The summed E-state index contributed by atoms with van der Waals surface area (Å²) in [6, 6.07) is 55.6. The van der Waals surface area contributed by atoms with Crippen LogP contribution in [0.5, 0.6) is 0 Å². The summed E-state index contributed by atoms with van der Waals surface area (Å²) in [4.78, 5) is 13.2. The first-order valence-electron chi connectivity index (χ1n) is 17.4. The lowest BCUT2D eigenvalue weighted by molar-refractivity contribution is 0.794. The molecule has 0 atom stereocenters. The van der Waals surface area contributed by atoms with Crippen LogP contribution >= 0.6 is 11.3 Å². The van der Waals surface area contributed by atoms with E-state index in [2.05, 4.69) is 125 Å². The van der Waals surface area contributed by atoms with E-state index < -0.39 is 0 Å². The van der Waals surface area contributed by atoms with Crippen molar-refractivity contribution in [3.05, 3.63) is 169 Å². The maximum atomic E-state index is 5.07. The molecule has 0 amide bonds. The van der Waals surface area contributed by atoms with Crippen molar-refractivity contribution < 1.29 is 0 Å². The van der Waals surface area contributed by atoms with Gasteiger partial charge in [0.15, 0.2) is 5.84 Å². The largest absolute Gasteiger partial charge is 0.320 e. The van der Waals surface area contributed by atoms with Crippen molar-refractivity contribution in [1.29, 1.82) is 0 Å². The summed E-state index contributed by atoms with van der Waals surface area (Å²) in [5, 5.41) is 12.8. The van der Waals surface area contributed by atoms with Crippen molar-refractivity contribution in [2.24, 2.45) is 15.0 Å². The highest BCUT2D eigenvalue weighted by Crippen LogP contribution is 2.49. The van der Waals surface area contributed by atoms with Crippen LogP contribution in [-0.2, 0) is 13.2 Å². The van der Waals surface area contributed by atoms with Crippen LogP contribution in [0.25, 0.3) is 74.3 Å². The molecule has 0 N–H and O–H groups in total. The van der Waals surface area contributed by atoms with Gasteiger partial charge in [-0.2, -0.15) is 0 Å². The molecule has 0 saturated heterocycles. The Morgan fingerprint density at radius 3 is 1.87 bits per heavy atom. The van der Waals surface area contributed by atoms with Crippen molar-refractivity contribution in [3.63, 3.8) is 0 Å². The summed E-state index contributed by atoms with van der Waals surface area (Å²) in [6.45, 7) is 8.42. The number of hydrogen-bond acceptors (Lipinski definition) is 3. The first-order chi connectivity index (χ1) is 25.7. The summed E-state index contributed by atoms with van der Waals surface area (Å²) in [5.41, 5.74) is 4.56. The number of aromatic nitrogens is 1. The van der Waals surface area contributed by atoms with Crippen LogP contribution in [0.1, 0.15) is 11.1 Å². The molecular weight excluding hydrogens is 653 g/mol. The summed E-state index contributed by atoms with van der Waals surface area (Å²) in [5.74, 6) is 0.647. The van der Waals surface area contributed by atoms with Crippen LogP contribution < -0.4 is 0 Å². The summed E-state index contributed by atoms with van der Waals surface area (Å²) >= 11 is 1.92. The molecule has 0 unspecified atom stereocenters. The summed E-state index contributed by atoms with van der Waals surface area (Å²) in [6.07, 6.45) is 0. The van der Waals surface area contributed by atoms with Gasteiger partial charge in [-0.05, 0) is 46.6 Å². The van der Waals surface area contributed by atoms with E-state index in [1.165, 1.54) is 79.9 Å². The minimum Gasteiger partial charge on any atom is -0.320 e. The Morgan fingerprint density at radius 1 is 0.519 bits per heavy atom. The molecule has 0 bridgehead atoms. The van der Waals surface area contributed by atoms with Crippen LogP contribution in [0.4, 0.5) is 0 Å². The highest BCUT2D eigenvalue weighted by Gasteiger charge is 2.23. The number of hydrogen-bond donors (Lipinski definition) is 0. The fourth-order valence-electron chi connectivity index (χ4n) is 7.61. The number of benzene rings is 8. The van der Waals surface area contributed by atoms with Gasteiger partial charge in [0.1, 0.15) is 6.67 Å². The fourth-order valence-corrected chi connectivity index (χ4v) is 8.99. The van der Waals surface area contributed by atoms with Gasteiger partial charge in [0.05, 0.1) is 17.6 Å². The average Bonchev–Trinajstić information content (AvgIpc) is 3.76. The zero-order valence-corrected chi connectivity index (χ0v) is 29.4. The molecule has 10 aromatic rings. The zero-order valence-electron chi connectivity index (χ0n) is 28.5. The van der Waals surface area contributed by atoms with Crippen molar-refractivity contribution in [3.8, 4) is 0 Å². The van der Waals surface area contributed by atoms with Gasteiger partial charge in [-0.25, -0.2) is 9.98 Å². The number of rotatable bonds is 5. The molecule has 2 aromatic heterocycles. The Bertz CT molecular complexity index is 2990. The van der Waals surface area contributed by atoms with Crippen molar-refractivity contribution >= 4 is 105 Å². The Labute approximate surface area is 305 Å². The van der Waals surface area contributed by atoms with E-state index in [0.717, 1.165) is 12.1 Å². The Kier molecular flexibility index (Phi) is 8.11. The molecule has 4 nitrogen and oxygen atoms in total. The Hall–Kier alpha value is -6.43. The number of fused-ring (bicyclic) bond motifs is 14. The molecule has 0 aliphatic rings. The van der Waals surface area contributed by atoms with Gasteiger partial charge >= 0.3 is 0 Å². The average molecular weight is 687 g/mol. The quantitative estimate of drug-likeness (QED) is 0.128. The second-order valence-corrected chi connectivity index (χ2v) is 13.9. The Balaban J connectivity index is 0.000000353. The predicted molar refractivity (Wildman–Crippen MR) is 227 cm³/mol. The smallest absolute Gasteiger partial charge is 0.155 e. The lowest BCUT2D eigenvalue weighted by Gasteiger charge is -2.09. The van der Waals surface area contributed by atoms with Crippen LogP contribution in [0.3, 0.4) is 0 Å². The first kappa shape index (κ1) is 31.5. The molecule has 248 valence electrons. The first-order valence-corrected chi connectivity index (χ1v) is 18.2. The second kappa shape index (κ2) is 13.4. The minimum atomic E-state index is 0.433. The van der Waals surface area contributed by atoms with Crippen molar-refractivity contribution in [2.75, 3.05) is 0 Å². The third-order valence-electron chi connectivity index (χ3n) is 9.89. The van der Waals surface area contributed by atoms with Crippen LogP contribution in [0.15, 0.2) is 173 Å². The van der Waals surface area contributed by atoms with Gasteiger partial charge in [0.25, 0.3) is 0 Å². The lowest BCUT2D eigenvalue weighted by Crippen LogP contribution is -2.02. The number of nitrogens with zero attached hydrogens (tertiary/aromatic N) is 4. The van der Waals surface area contributed by atoms with Gasteiger partial charge in [-0.15, -0.1) is 11.3 Å². The fraction of sp³-hybridized carbons (Fsp3) is 0.0426. The number of amidine groups is 1. The molecule has 8 aromatic carbocycles. The molecule has 0 aliphatic heterocycles. The molecule has 0 radical (unpaired) electrons. The zero-order chi connectivity index (χ0) is 35.0. The van der Waals surface area contributed by atoms with Gasteiger partial charge in [0, 0.05) is 47.3 Å². The molecule has 2 heterocycles. The summed E-state index contributed by atoms with van der Waals surface area (Å²) in [7, 11) is 0. The number of aliphatic imine (C=N–C) groups is 3. The molecule has 10 rings (SSSR count). The van der Waals surface area contributed by atoms with Crippen LogP contribution in [0.2, 0.25) is 0 Å². The topological polar surface area (TPSA) is 42.0 Å². The molecule has 52 heavy (non-hydrogen) atoms. The van der Waals surface area contributed by atoms with Gasteiger partial charge in [-0.3, -0.25) is 4.99 Å². The van der Waals surface area contributed by atoms with Gasteiger partial charge < -0.3 is 4.57 Å². The van der Waals surface area contributed by atoms with Crippen molar-refractivity contribution in [2.45, 2.75) is 13.2 Å². The van der Waals surface area contributed by atoms with E-state index in [1.807, 2.05) is 72.0 Å². The normalized spacial score (nSPS) is 11.9. The van der Waals surface area contributed by atoms with Crippen molar-refractivity contribution in [1.82, 2.24) is 4.57 Å². The predicted octanol–water partition coefficient (Wildman–Crippen LogP) is 12.6. The maximum Gasteiger partial charge on any atom is 0.155 e. The highest BCUT2D eigenvalue weighted by molar-refractivity contribution is 7.27. The maximum absolute atomic E-state index is 5.07. The molecular formula is C47H34N4S. The van der Waals surface area contributed by atoms with E-state index in [9.17, 15) is 0 Å². The molecule has 5 heteroatoms. The highest BCUT2D eigenvalue weighted by atomic mass is 32.1. The Morgan fingerprint density at radius 2 is 1.13 bits per heavy atom. The van der Waals surface area contributed by atoms with Crippen LogP contribution in [-0.4, -0.2) is 23.8 Å². The second-order valence-electron chi connectivity index (χ2n) is 12.9. The van der Waals surface area contributed by atoms with Crippen LogP contribution in [0, 0.1) is 0 Å². The van der Waals surface area contributed by atoms with E-state index in [0.29, 0.717) is 12.5 Å². The molecule has 0 spiro atoms. The molecule has 0 fully saturated rings.